The summed E-state index contributed by atoms with van der Waals surface area (Å²) in [6.07, 6.45) is 5.26. The molecule has 0 aliphatic carbocycles. The summed E-state index contributed by atoms with van der Waals surface area (Å²) in [6, 6.07) is 5.49. The van der Waals surface area contributed by atoms with E-state index in [9.17, 15) is 8.42 Å². The molecule has 0 amide bonds. The summed E-state index contributed by atoms with van der Waals surface area (Å²) < 4.78 is 25.3. The Morgan fingerprint density at radius 3 is 2.62 bits per heavy atom. The summed E-state index contributed by atoms with van der Waals surface area (Å²) in [4.78, 5) is 10.5. The minimum absolute atomic E-state index is 0.142. The second kappa shape index (κ2) is 7.29. The van der Waals surface area contributed by atoms with E-state index in [4.69, 9.17) is 0 Å². The molecule has 0 aromatic carbocycles. The molecule has 1 saturated heterocycles. The number of hydrogen-bond donors (Lipinski definition) is 0. The van der Waals surface area contributed by atoms with Crippen LogP contribution in [-0.2, 0) is 10.0 Å². The molecule has 24 heavy (non-hydrogen) atoms. The van der Waals surface area contributed by atoms with Gasteiger partial charge in [-0.15, -0.1) is 5.11 Å². The molecule has 2 aliphatic heterocycles. The number of amidine groups is 1. The van der Waals surface area contributed by atoms with Crippen LogP contribution in [-0.4, -0.2) is 66.5 Å². The van der Waals surface area contributed by atoms with Gasteiger partial charge in [-0.2, -0.15) is 9.42 Å². The highest BCUT2D eigenvalue weighted by Crippen LogP contribution is 2.16. The highest BCUT2D eigenvalue weighted by molar-refractivity contribution is 7.89. The zero-order valence-electron chi connectivity index (χ0n) is 13.5. The summed E-state index contributed by atoms with van der Waals surface area (Å²) in [6.45, 7) is 3.93. The highest BCUT2D eigenvalue weighted by Gasteiger charge is 2.28. The molecule has 1 unspecified atom stereocenters. The molecule has 1 aromatic rings. The third-order valence-corrected chi connectivity index (χ3v) is 5.86. The van der Waals surface area contributed by atoms with Crippen molar-refractivity contribution in [3.8, 4) is 0 Å². The van der Waals surface area contributed by atoms with Gasteiger partial charge in [-0.25, -0.2) is 18.4 Å². The van der Waals surface area contributed by atoms with E-state index in [1.165, 1.54) is 0 Å². The van der Waals surface area contributed by atoms with Crippen molar-refractivity contribution in [2.45, 2.75) is 13.1 Å². The number of sulfonamides is 1. The van der Waals surface area contributed by atoms with Crippen molar-refractivity contribution in [1.29, 1.82) is 0 Å². The number of hydrogen-bond acceptors (Lipinski definition) is 6. The standard InChI is InChI=1S/C15H20N6O2S/c1-2-24(22,23)21-11-9-20(10-12-21)15-7-6-14(18-19-15)17-13-5-3-4-8-16-13/h3-8,15H,2,9-12H2,1H3/b17-14-. The molecule has 8 nitrogen and oxygen atoms in total. The van der Waals surface area contributed by atoms with Gasteiger partial charge in [0.1, 0.15) is 6.17 Å². The first-order valence-corrected chi connectivity index (χ1v) is 9.50. The zero-order valence-corrected chi connectivity index (χ0v) is 14.3. The Hall–Kier alpha value is -1.97. The Morgan fingerprint density at radius 2 is 2.04 bits per heavy atom. The van der Waals surface area contributed by atoms with E-state index in [1.807, 2.05) is 24.3 Å². The van der Waals surface area contributed by atoms with Crippen LogP contribution in [0.25, 0.3) is 0 Å². The van der Waals surface area contributed by atoms with Gasteiger partial charge in [0.25, 0.3) is 0 Å². The van der Waals surface area contributed by atoms with Gasteiger partial charge >= 0.3 is 0 Å². The maximum absolute atomic E-state index is 11.9. The minimum Gasteiger partial charge on any atom is -0.274 e. The van der Waals surface area contributed by atoms with Crippen molar-refractivity contribution in [2.75, 3.05) is 31.9 Å². The summed E-state index contributed by atoms with van der Waals surface area (Å²) in [5.41, 5.74) is 0. The van der Waals surface area contributed by atoms with Gasteiger partial charge in [0.15, 0.2) is 11.7 Å². The number of pyridine rings is 1. The number of piperazine rings is 1. The second-order valence-corrected chi connectivity index (χ2v) is 7.74. The van der Waals surface area contributed by atoms with Crippen molar-refractivity contribution >= 4 is 21.7 Å². The van der Waals surface area contributed by atoms with Crippen LogP contribution in [0, 0.1) is 0 Å². The summed E-state index contributed by atoms with van der Waals surface area (Å²) in [5, 5.41) is 8.42. The summed E-state index contributed by atoms with van der Waals surface area (Å²) in [5.74, 6) is 1.24. The largest absolute Gasteiger partial charge is 0.274 e. The van der Waals surface area contributed by atoms with Crippen molar-refractivity contribution in [1.82, 2.24) is 14.2 Å². The molecule has 2 aliphatic rings. The average Bonchev–Trinajstić information content (AvgIpc) is 2.63. The van der Waals surface area contributed by atoms with Crippen LogP contribution in [0.5, 0.6) is 0 Å². The van der Waals surface area contributed by atoms with Gasteiger partial charge in [0, 0.05) is 32.4 Å². The SMILES string of the molecule is CCS(=O)(=O)N1CCN(C2C=C/C(=N/c3ccccn3)N=N2)CC1. The van der Waals surface area contributed by atoms with Crippen molar-refractivity contribution in [3.63, 3.8) is 0 Å². The van der Waals surface area contributed by atoms with Crippen LogP contribution in [0.15, 0.2) is 51.8 Å². The summed E-state index contributed by atoms with van der Waals surface area (Å²) in [7, 11) is -3.11. The molecule has 0 radical (unpaired) electrons. The quantitative estimate of drug-likeness (QED) is 0.823. The zero-order chi connectivity index (χ0) is 17.0. The Kier molecular flexibility index (Phi) is 5.12. The molecule has 9 heteroatoms. The third-order valence-electron chi connectivity index (χ3n) is 3.98. The molecule has 0 spiro atoms. The van der Waals surface area contributed by atoms with Gasteiger partial charge in [-0.1, -0.05) is 6.07 Å². The lowest BCUT2D eigenvalue weighted by molar-refractivity contribution is 0.159. The predicted molar refractivity (Wildman–Crippen MR) is 91.7 cm³/mol. The normalized spacial score (nSPS) is 24.5. The van der Waals surface area contributed by atoms with Crippen molar-refractivity contribution in [3.05, 3.63) is 36.5 Å². The van der Waals surface area contributed by atoms with E-state index in [1.54, 1.807) is 23.5 Å². The Labute approximate surface area is 141 Å². The Balaban J connectivity index is 1.59. The molecule has 3 heterocycles. The van der Waals surface area contributed by atoms with Gasteiger partial charge in [-0.05, 0) is 31.2 Å². The molecular weight excluding hydrogens is 328 g/mol. The predicted octanol–water partition coefficient (Wildman–Crippen LogP) is 1.43. The first-order chi connectivity index (χ1) is 11.6. The average molecular weight is 348 g/mol. The number of nitrogens with zero attached hydrogens (tertiary/aromatic N) is 6. The van der Waals surface area contributed by atoms with Crippen LogP contribution in [0.4, 0.5) is 5.82 Å². The number of aliphatic imine (C=N–C) groups is 1. The van der Waals surface area contributed by atoms with E-state index >= 15 is 0 Å². The minimum atomic E-state index is -3.11. The second-order valence-electron chi connectivity index (χ2n) is 5.48. The first kappa shape index (κ1) is 16.9. The van der Waals surface area contributed by atoms with Crippen LogP contribution in [0.2, 0.25) is 0 Å². The van der Waals surface area contributed by atoms with Gasteiger partial charge < -0.3 is 0 Å². The maximum Gasteiger partial charge on any atom is 0.213 e. The molecule has 1 fully saturated rings. The van der Waals surface area contributed by atoms with Gasteiger partial charge in [0.05, 0.1) is 5.75 Å². The molecule has 1 atom stereocenters. The monoisotopic (exact) mass is 348 g/mol. The highest BCUT2D eigenvalue weighted by atomic mass is 32.2. The van der Waals surface area contributed by atoms with E-state index in [0.717, 1.165) is 0 Å². The van der Waals surface area contributed by atoms with Crippen LogP contribution in [0.1, 0.15) is 6.92 Å². The van der Waals surface area contributed by atoms with Gasteiger partial charge in [0.2, 0.25) is 10.0 Å². The van der Waals surface area contributed by atoms with Crippen molar-refractivity contribution in [2.24, 2.45) is 15.2 Å². The van der Waals surface area contributed by atoms with Crippen molar-refractivity contribution < 1.29 is 8.42 Å². The third kappa shape index (κ3) is 3.92. The molecular formula is C15H20N6O2S. The molecule has 0 bridgehead atoms. The van der Waals surface area contributed by atoms with Crippen LogP contribution >= 0.6 is 0 Å². The fourth-order valence-corrected chi connectivity index (χ4v) is 3.67. The Bertz CT molecular complexity index is 735. The fourth-order valence-electron chi connectivity index (χ4n) is 2.58. The van der Waals surface area contributed by atoms with E-state index in [0.29, 0.717) is 37.8 Å². The van der Waals surface area contributed by atoms with Crippen LogP contribution < -0.4 is 0 Å². The van der Waals surface area contributed by atoms with Gasteiger partial charge in [-0.3, -0.25) is 4.90 Å². The fraction of sp³-hybridized carbons (Fsp3) is 0.467. The molecule has 1 aromatic heterocycles. The molecule has 0 N–H and O–H groups in total. The van der Waals surface area contributed by atoms with E-state index < -0.39 is 10.0 Å². The number of aromatic nitrogens is 1. The molecule has 0 saturated carbocycles. The lowest BCUT2D eigenvalue weighted by Gasteiger charge is -2.35. The smallest absolute Gasteiger partial charge is 0.213 e. The lowest BCUT2D eigenvalue weighted by Crippen LogP contribution is -2.51. The lowest BCUT2D eigenvalue weighted by atomic mass is 10.3. The topological polar surface area (TPSA) is 90.6 Å². The van der Waals surface area contributed by atoms with E-state index in [-0.39, 0.29) is 11.9 Å². The summed E-state index contributed by atoms with van der Waals surface area (Å²) >= 11 is 0. The number of rotatable bonds is 4. The Morgan fingerprint density at radius 1 is 1.25 bits per heavy atom. The van der Waals surface area contributed by atoms with E-state index in [2.05, 4.69) is 25.1 Å². The van der Waals surface area contributed by atoms with Crippen LogP contribution in [0.3, 0.4) is 0 Å². The molecule has 3 rings (SSSR count). The number of azo groups is 1. The molecule has 128 valence electrons. The maximum atomic E-state index is 11.9. The first-order valence-electron chi connectivity index (χ1n) is 7.89.